The van der Waals surface area contributed by atoms with Crippen molar-refractivity contribution < 1.29 is 14.7 Å². The highest BCUT2D eigenvalue weighted by molar-refractivity contribution is 5.94. The maximum atomic E-state index is 11.7. The molecule has 1 amide bonds. The number of hydrogen-bond acceptors (Lipinski definition) is 3. The van der Waals surface area contributed by atoms with E-state index in [0.29, 0.717) is 12.8 Å². The third-order valence-corrected chi connectivity index (χ3v) is 2.62. The first-order valence-electron chi connectivity index (χ1n) is 5.48. The van der Waals surface area contributed by atoms with Crippen molar-refractivity contribution in [2.75, 3.05) is 5.06 Å². The molecule has 0 radical (unpaired) electrons. The average molecular weight is 221 g/mol. The van der Waals surface area contributed by atoms with E-state index >= 15 is 0 Å². The van der Waals surface area contributed by atoms with Crippen LogP contribution in [0.25, 0.3) is 0 Å². The van der Waals surface area contributed by atoms with Crippen LogP contribution in [-0.2, 0) is 16.1 Å². The smallest absolute Gasteiger partial charge is 0.251 e. The Morgan fingerprint density at radius 3 is 2.94 bits per heavy atom. The summed E-state index contributed by atoms with van der Waals surface area (Å²) < 4.78 is 0. The van der Waals surface area contributed by atoms with Crippen LogP contribution >= 0.6 is 0 Å². The Bertz CT molecular complexity index is 392. The second kappa shape index (κ2) is 4.63. The molecule has 1 unspecified atom stereocenters. The lowest BCUT2D eigenvalue weighted by Gasteiger charge is -2.29. The summed E-state index contributed by atoms with van der Waals surface area (Å²) in [4.78, 5) is 16.9. The number of aliphatic hydroxyl groups excluding tert-OH is 1. The van der Waals surface area contributed by atoms with Crippen LogP contribution in [0.1, 0.15) is 25.3 Å². The number of aryl methyl sites for hydroxylation is 1. The number of fused-ring (bicyclic) bond motifs is 1. The van der Waals surface area contributed by atoms with Gasteiger partial charge in [0.2, 0.25) is 0 Å². The number of benzene rings is 1. The van der Waals surface area contributed by atoms with Gasteiger partial charge in [0.1, 0.15) is 0 Å². The molecule has 2 rings (SSSR count). The summed E-state index contributed by atoms with van der Waals surface area (Å²) >= 11 is 0. The molecular formula is C12H15NO3. The summed E-state index contributed by atoms with van der Waals surface area (Å²) in [6.45, 7) is 1.80. The second-order valence-corrected chi connectivity index (χ2v) is 3.79. The van der Waals surface area contributed by atoms with Crippen molar-refractivity contribution in [3.05, 3.63) is 29.8 Å². The maximum Gasteiger partial charge on any atom is 0.251 e. The number of para-hydroxylation sites is 1. The first kappa shape index (κ1) is 11.1. The van der Waals surface area contributed by atoms with Crippen molar-refractivity contribution in [1.82, 2.24) is 0 Å². The molecule has 1 atom stereocenters. The van der Waals surface area contributed by atoms with Crippen molar-refractivity contribution in [2.45, 2.75) is 32.5 Å². The number of hydroxylamine groups is 1. The van der Waals surface area contributed by atoms with Gasteiger partial charge in [-0.15, -0.1) is 0 Å². The number of anilines is 1. The molecule has 1 N–H and O–H groups in total. The molecule has 0 saturated heterocycles. The van der Waals surface area contributed by atoms with Gasteiger partial charge in [-0.1, -0.05) is 25.1 Å². The molecule has 1 heterocycles. The van der Waals surface area contributed by atoms with E-state index < -0.39 is 6.29 Å². The molecule has 1 aliphatic heterocycles. The standard InChI is InChI=1S/C12H15NO3/c1-2-12(15)16-13-10-6-4-3-5-9(10)7-8-11(13)14/h3-6,12,15H,2,7-8H2,1H3. The van der Waals surface area contributed by atoms with E-state index in [-0.39, 0.29) is 5.91 Å². The van der Waals surface area contributed by atoms with Gasteiger partial charge in [0.05, 0.1) is 5.69 Å². The molecule has 0 aromatic heterocycles. The third-order valence-electron chi connectivity index (χ3n) is 2.62. The first-order valence-corrected chi connectivity index (χ1v) is 5.48. The number of carbonyl (C=O) groups is 1. The topological polar surface area (TPSA) is 49.8 Å². The van der Waals surface area contributed by atoms with E-state index in [0.717, 1.165) is 17.7 Å². The fourth-order valence-corrected chi connectivity index (χ4v) is 1.71. The number of carbonyl (C=O) groups excluding carboxylic acids is 1. The fourth-order valence-electron chi connectivity index (χ4n) is 1.71. The lowest BCUT2D eigenvalue weighted by molar-refractivity contribution is -0.147. The Morgan fingerprint density at radius 2 is 2.19 bits per heavy atom. The van der Waals surface area contributed by atoms with Gasteiger partial charge in [0.15, 0.2) is 6.29 Å². The van der Waals surface area contributed by atoms with Crippen LogP contribution in [0, 0.1) is 0 Å². The zero-order valence-corrected chi connectivity index (χ0v) is 9.22. The van der Waals surface area contributed by atoms with Crippen LogP contribution in [0.4, 0.5) is 5.69 Å². The maximum absolute atomic E-state index is 11.7. The van der Waals surface area contributed by atoms with Crippen molar-refractivity contribution in [1.29, 1.82) is 0 Å². The highest BCUT2D eigenvalue weighted by atomic mass is 16.8. The Labute approximate surface area is 94.4 Å². The molecule has 16 heavy (non-hydrogen) atoms. The van der Waals surface area contributed by atoms with Gasteiger partial charge in [-0.05, 0) is 24.5 Å². The summed E-state index contributed by atoms with van der Waals surface area (Å²) in [7, 11) is 0. The molecule has 4 nitrogen and oxygen atoms in total. The lowest BCUT2D eigenvalue weighted by Crippen LogP contribution is -2.38. The number of amides is 1. The van der Waals surface area contributed by atoms with Crippen molar-refractivity contribution >= 4 is 11.6 Å². The summed E-state index contributed by atoms with van der Waals surface area (Å²) in [6, 6.07) is 7.58. The highest BCUT2D eigenvalue weighted by Crippen LogP contribution is 2.28. The molecule has 1 aromatic rings. The Hall–Kier alpha value is -1.39. The number of nitrogens with zero attached hydrogens (tertiary/aromatic N) is 1. The van der Waals surface area contributed by atoms with Crippen LogP contribution in [0.3, 0.4) is 0 Å². The van der Waals surface area contributed by atoms with E-state index in [1.165, 1.54) is 5.06 Å². The molecule has 0 aliphatic carbocycles. The van der Waals surface area contributed by atoms with Crippen LogP contribution in [-0.4, -0.2) is 17.3 Å². The van der Waals surface area contributed by atoms with Gasteiger partial charge in [-0.3, -0.25) is 4.79 Å². The Kier molecular flexibility index (Phi) is 3.22. The van der Waals surface area contributed by atoms with Gasteiger partial charge in [0.25, 0.3) is 5.91 Å². The largest absolute Gasteiger partial charge is 0.366 e. The lowest BCUT2D eigenvalue weighted by atomic mass is 10.0. The molecule has 1 aromatic carbocycles. The fraction of sp³-hybridized carbons (Fsp3) is 0.417. The van der Waals surface area contributed by atoms with Crippen LogP contribution in [0.5, 0.6) is 0 Å². The molecule has 0 spiro atoms. The van der Waals surface area contributed by atoms with E-state index in [4.69, 9.17) is 4.84 Å². The van der Waals surface area contributed by atoms with E-state index in [2.05, 4.69) is 0 Å². The third kappa shape index (κ3) is 2.08. The SMILES string of the molecule is CCC(O)ON1C(=O)CCc2ccccc21. The molecular weight excluding hydrogens is 206 g/mol. The van der Waals surface area contributed by atoms with Crippen molar-refractivity contribution in [3.8, 4) is 0 Å². The van der Waals surface area contributed by atoms with Gasteiger partial charge < -0.3 is 5.11 Å². The minimum atomic E-state index is -0.935. The van der Waals surface area contributed by atoms with Gasteiger partial charge in [-0.25, -0.2) is 4.84 Å². The average Bonchev–Trinajstić information content (AvgIpc) is 2.32. The molecule has 86 valence electrons. The Balaban J connectivity index is 2.26. The van der Waals surface area contributed by atoms with Gasteiger partial charge >= 0.3 is 0 Å². The van der Waals surface area contributed by atoms with Gasteiger partial charge in [0, 0.05) is 6.42 Å². The molecule has 1 aliphatic rings. The predicted octanol–water partition coefficient (Wildman–Crippen LogP) is 1.63. The zero-order chi connectivity index (χ0) is 11.5. The Morgan fingerprint density at radius 1 is 1.44 bits per heavy atom. The van der Waals surface area contributed by atoms with Gasteiger partial charge in [-0.2, -0.15) is 5.06 Å². The van der Waals surface area contributed by atoms with E-state index in [1.807, 2.05) is 24.3 Å². The first-order chi connectivity index (χ1) is 7.72. The predicted molar refractivity (Wildman–Crippen MR) is 59.6 cm³/mol. The summed E-state index contributed by atoms with van der Waals surface area (Å²) in [5.74, 6) is -0.105. The van der Waals surface area contributed by atoms with Crippen LogP contribution in [0.15, 0.2) is 24.3 Å². The number of hydrogen-bond donors (Lipinski definition) is 1. The number of aliphatic hydroxyl groups is 1. The second-order valence-electron chi connectivity index (χ2n) is 3.79. The quantitative estimate of drug-likeness (QED) is 0.789. The molecule has 4 heteroatoms. The zero-order valence-electron chi connectivity index (χ0n) is 9.22. The normalized spacial score (nSPS) is 17.1. The summed E-state index contributed by atoms with van der Waals surface area (Å²) in [5, 5.41) is 10.7. The minimum Gasteiger partial charge on any atom is -0.366 e. The van der Waals surface area contributed by atoms with E-state index in [9.17, 15) is 9.90 Å². The monoisotopic (exact) mass is 221 g/mol. The van der Waals surface area contributed by atoms with Crippen molar-refractivity contribution in [3.63, 3.8) is 0 Å². The molecule has 0 fully saturated rings. The molecule has 0 bridgehead atoms. The number of rotatable bonds is 3. The van der Waals surface area contributed by atoms with Crippen LogP contribution < -0.4 is 5.06 Å². The van der Waals surface area contributed by atoms with E-state index in [1.54, 1.807) is 6.92 Å². The summed E-state index contributed by atoms with van der Waals surface area (Å²) in [6.07, 6.45) is 0.673. The van der Waals surface area contributed by atoms with Crippen molar-refractivity contribution in [2.24, 2.45) is 0 Å². The summed E-state index contributed by atoms with van der Waals surface area (Å²) in [5.41, 5.74) is 1.82. The van der Waals surface area contributed by atoms with Crippen LogP contribution in [0.2, 0.25) is 0 Å². The minimum absolute atomic E-state index is 0.105. The molecule has 0 saturated carbocycles. The highest BCUT2D eigenvalue weighted by Gasteiger charge is 2.26.